The number of nitrogens with zero attached hydrogens (tertiary/aromatic N) is 1. The summed E-state index contributed by atoms with van der Waals surface area (Å²) in [5.74, 6) is 0.789. The van der Waals surface area contributed by atoms with Gasteiger partial charge in [0.15, 0.2) is 5.12 Å². The Kier molecular flexibility index (Phi) is 5.85. The number of carbonyl (C=O) groups is 2. The molecule has 2 rings (SSSR count). The molecule has 1 aromatic carbocycles. The van der Waals surface area contributed by atoms with Crippen LogP contribution in [-0.4, -0.2) is 46.5 Å². The van der Waals surface area contributed by atoms with Gasteiger partial charge < -0.3 is 14.7 Å². The van der Waals surface area contributed by atoms with Gasteiger partial charge in [0.1, 0.15) is 5.75 Å². The Bertz CT molecular complexity index is 531. The van der Waals surface area contributed by atoms with Crippen LogP contribution in [0.4, 0.5) is 0 Å². The van der Waals surface area contributed by atoms with Gasteiger partial charge in [-0.2, -0.15) is 0 Å². The monoisotopic (exact) mass is 323 g/mol. The van der Waals surface area contributed by atoms with Crippen molar-refractivity contribution >= 4 is 22.8 Å². The second-order valence-electron chi connectivity index (χ2n) is 5.28. The molecule has 0 aliphatic carbocycles. The minimum Gasteiger partial charge on any atom is -0.497 e. The fourth-order valence-electron chi connectivity index (χ4n) is 2.76. The fourth-order valence-corrected chi connectivity index (χ4v) is 3.69. The zero-order valence-electron chi connectivity index (χ0n) is 12.8. The van der Waals surface area contributed by atoms with Gasteiger partial charge in [0.25, 0.3) is 0 Å². The van der Waals surface area contributed by atoms with Crippen molar-refractivity contribution in [2.24, 2.45) is 0 Å². The van der Waals surface area contributed by atoms with Crippen LogP contribution in [0.25, 0.3) is 0 Å². The summed E-state index contributed by atoms with van der Waals surface area (Å²) in [6.45, 7) is 2.07. The molecule has 1 aromatic rings. The molecule has 5 nitrogen and oxygen atoms in total. The third-order valence-electron chi connectivity index (χ3n) is 3.73. The maximum atomic E-state index is 12.3. The largest absolute Gasteiger partial charge is 0.497 e. The van der Waals surface area contributed by atoms with Gasteiger partial charge in [0.2, 0.25) is 5.91 Å². The van der Waals surface area contributed by atoms with Crippen LogP contribution in [0.1, 0.15) is 31.4 Å². The number of rotatable bonds is 6. The Morgan fingerprint density at radius 1 is 1.45 bits per heavy atom. The molecule has 1 aliphatic rings. The van der Waals surface area contributed by atoms with Crippen molar-refractivity contribution < 1.29 is 19.4 Å². The van der Waals surface area contributed by atoms with E-state index in [0.29, 0.717) is 19.4 Å². The molecule has 1 N–H and O–H groups in total. The number of ether oxygens (including phenoxy) is 1. The lowest BCUT2D eigenvalue weighted by atomic mass is 10.0. The van der Waals surface area contributed by atoms with E-state index < -0.39 is 0 Å². The van der Waals surface area contributed by atoms with Crippen LogP contribution in [0.15, 0.2) is 24.3 Å². The quantitative estimate of drug-likeness (QED) is 0.867. The fraction of sp³-hybridized carbons (Fsp3) is 0.500. The predicted molar refractivity (Wildman–Crippen MR) is 85.8 cm³/mol. The summed E-state index contributed by atoms with van der Waals surface area (Å²) in [4.78, 5) is 25.3. The molecule has 1 fully saturated rings. The Labute approximate surface area is 134 Å². The summed E-state index contributed by atoms with van der Waals surface area (Å²) >= 11 is 1.22. The molecule has 6 heteroatoms. The van der Waals surface area contributed by atoms with E-state index >= 15 is 0 Å². The van der Waals surface area contributed by atoms with E-state index in [1.54, 1.807) is 12.0 Å². The SMILES string of the molecule is COc1ccc(C(CCO)N2CC(SC(C)=O)CC2=O)cc1. The number of carbonyl (C=O) groups excluding carboxylic acids is 2. The van der Waals surface area contributed by atoms with Crippen LogP contribution >= 0.6 is 11.8 Å². The average molecular weight is 323 g/mol. The summed E-state index contributed by atoms with van der Waals surface area (Å²) in [6, 6.07) is 7.36. The molecule has 22 heavy (non-hydrogen) atoms. The van der Waals surface area contributed by atoms with E-state index in [-0.39, 0.29) is 28.9 Å². The van der Waals surface area contributed by atoms with Gasteiger partial charge in [-0.3, -0.25) is 9.59 Å². The molecule has 1 heterocycles. The molecule has 2 unspecified atom stereocenters. The second-order valence-corrected chi connectivity index (χ2v) is 6.76. The third-order valence-corrected chi connectivity index (χ3v) is 4.72. The first-order valence-corrected chi connectivity index (χ1v) is 8.14. The van der Waals surface area contributed by atoms with Gasteiger partial charge in [-0.1, -0.05) is 23.9 Å². The smallest absolute Gasteiger partial charge is 0.224 e. The number of hydrogen-bond donors (Lipinski definition) is 1. The van der Waals surface area contributed by atoms with Gasteiger partial charge in [0.05, 0.1) is 13.2 Å². The molecular formula is C16H21NO4S. The van der Waals surface area contributed by atoms with Crippen LogP contribution in [-0.2, 0) is 9.59 Å². The van der Waals surface area contributed by atoms with Crippen LogP contribution in [0.5, 0.6) is 5.75 Å². The van der Waals surface area contributed by atoms with Crippen molar-refractivity contribution in [2.45, 2.75) is 31.1 Å². The number of hydrogen-bond acceptors (Lipinski definition) is 5. The maximum Gasteiger partial charge on any atom is 0.224 e. The summed E-state index contributed by atoms with van der Waals surface area (Å²) in [5.41, 5.74) is 0.969. The van der Waals surface area contributed by atoms with Gasteiger partial charge in [0, 0.05) is 31.7 Å². The van der Waals surface area contributed by atoms with Crippen molar-refractivity contribution in [1.29, 1.82) is 0 Å². The normalized spacial score (nSPS) is 19.3. The minimum atomic E-state index is -0.166. The zero-order chi connectivity index (χ0) is 16.1. The van der Waals surface area contributed by atoms with E-state index in [2.05, 4.69) is 0 Å². The Morgan fingerprint density at radius 2 is 2.14 bits per heavy atom. The Balaban J connectivity index is 2.16. The van der Waals surface area contributed by atoms with Gasteiger partial charge >= 0.3 is 0 Å². The predicted octanol–water partition coefficient (Wildman–Crippen LogP) is 2.00. The highest BCUT2D eigenvalue weighted by molar-refractivity contribution is 8.14. The number of thioether (sulfide) groups is 1. The van der Waals surface area contributed by atoms with Crippen molar-refractivity contribution in [3.63, 3.8) is 0 Å². The molecule has 0 spiro atoms. The van der Waals surface area contributed by atoms with E-state index in [4.69, 9.17) is 4.74 Å². The highest BCUT2D eigenvalue weighted by Gasteiger charge is 2.35. The number of amides is 1. The number of methoxy groups -OCH3 is 1. The standard InChI is InChI=1S/C16H21NO4S/c1-11(19)22-14-9-16(20)17(10-14)15(7-8-18)12-3-5-13(21-2)6-4-12/h3-6,14-15,18H,7-10H2,1-2H3. The first kappa shape index (κ1) is 16.8. The molecule has 1 saturated heterocycles. The highest BCUT2D eigenvalue weighted by Crippen LogP contribution is 2.33. The summed E-state index contributed by atoms with van der Waals surface area (Å²) in [5, 5.41) is 9.37. The molecular weight excluding hydrogens is 302 g/mol. The van der Waals surface area contributed by atoms with Crippen LogP contribution < -0.4 is 4.74 Å². The first-order valence-electron chi connectivity index (χ1n) is 7.26. The van der Waals surface area contributed by atoms with Crippen LogP contribution in [0.2, 0.25) is 0 Å². The second kappa shape index (κ2) is 7.65. The third kappa shape index (κ3) is 4.01. The highest BCUT2D eigenvalue weighted by atomic mass is 32.2. The van der Waals surface area contributed by atoms with E-state index in [1.165, 1.54) is 18.7 Å². The Morgan fingerprint density at radius 3 is 2.68 bits per heavy atom. The van der Waals surface area contributed by atoms with Gasteiger partial charge in [-0.05, 0) is 24.1 Å². The molecule has 0 radical (unpaired) electrons. The average Bonchev–Trinajstić information content (AvgIpc) is 2.84. The number of aliphatic hydroxyl groups is 1. The Hall–Kier alpha value is -1.53. The van der Waals surface area contributed by atoms with Crippen molar-refractivity contribution in [2.75, 3.05) is 20.3 Å². The van der Waals surface area contributed by atoms with Crippen molar-refractivity contribution in [1.82, 2.24) is 4.90 Å². The molecule has 0 aromatic heterocycles. The minimum absolute atomic E-state index is 0.00411. The topological polar surface area (TPSA) is 66.8 Å². The van der Waals surface area contributed by atoms with Gasteiger partial charge in [-0.15, -0.1) is 0 Å². The van der Waals surface area contributed by atoms with E-state index in [0.717, 1.165) is 11.3 Å². The molecule has 1 aliphatic heterocycles. The summed E-state index contributed by atoms with van der Waals surface area (Å²) in [7, 11) is 1.60. The van der Waals surface area contributed by atoms with Crippen molar-refractivity contribution in [3.05, 3.63) is 29.8 Å². The summed E-state index contributed by atoms with van der Waals surface area (Å²) < 4.78 is 5.15. The number of benzene rings is 1. The maximum absolute atomic E-state index is 12.3. The molecule has 0 bridgehead atoms. The molecule has 0 saturated carbocycles. The number of likely N-dealkylation sites (tertiary alicyclic amines) is 1. The van der Waals surface area contributed by atoms with Crippen LogP contribution in [0, 0.1) is 0 Å². The summed E-state index contributed by atoms with van der Waals surface area (Å²) in [6.07, 6.45) is 0.859. The first-order chi connectivity index (χ1) is 10.5. The molecule has 120 valence electrons. The lowest BCUT2D eigenvalue weighted by Crippen LogP contribution is -2.31. The molecule has 2 atom stereocenters. The molecule has 1 amide bonds. The van der Waals surface area contributed by atoms with Gasteiger partial charge in [-0.25, -0.2) is 0 Å². The van der Waals surface area contributed by atoms with Crippen molar-refractivity contribution in [3.8, 4) is 5.75 Å². The lowest BCUT2D eigenvalue weighted by Gasteiger charge is -2.28. The van der Waals surface area contributed by atoms with E-state index in [9.17, 15) is 14.7 Å². The number of aliphatic hydroxyl groups excluding tert-OH is 1. The zero-order valence-corrected chi connectivity index (χ0v) is 13.6. The lowest BCUT2D eigenvalue weighted by molar-refractivity contribution is -0.130. The van der Waals surface area contributed by atoms with E-state index in [1.807, 2.05) is 24.3 Å². The van der Waals surface area contributed by atoms with Crippen LogP contribution in [0.3, 0.4) is 0 Å².